The lowest BCUT2D eigenvalue weighted by molar-refractivity contribution is 0.863. The highest BCUT2D eigenvalue weighted by atomic mass is 15.1. The van der Waals surface area contributed by atoms with Gasteiger partial charge in [0, 0.05) is 39.8 Å². The lowest BCUT2D eigenvalue weighted by atomic mass is 9.73. The summed E-state index contributed by atoms with van der Waals surface area (Å²) in [5, 5.41) is 4.09. The molecular weight excluding hydrogens is 693 g/mol. The number of aromatic nitrogens is 4. The van der Waals surface area contributed by atoms with Gasteiger partial charge in [-0.25, -0.2) is 0 Å². The van der Waals surface area contributed by atoms with Gasteiger partial charge >= 0.3 is 0 Å². The topological polar surface area (TPSA) is 38.5 Å². The van der Waals surface area contributed by atoms with E-state index in [0.717, 1.165) is 50.0 Å². The van der Waals surface area contributed by atoms with Gasteiger partial charge in [0.2, 0.25) is 0 Å². The van der Waals surface area contributed by atoms with Gasteiger partial charge in [0.05, 0.1) is 28.4 Å². The number of nitrogens with zero attached hydrogens (tertiary/aromatic N) is 3. The predicted octanol–water partition coefficient (Wildman–Crippen LogP) is 12.7. The number of pyridine rings is 1. The van der Waals surface area contributed by atoms with E-state index < -0.39 is 0 Å². The standard InChI is InChI=1S/C53H44N4/c1-30-9-11-32(3)41(23-30)34-15-19-47-43(25-34)45-27-36-13-14-37-28-46-44-26-35(42-24-31(2)10-12-33(42)4)16-20-48(44)57(49-8-6-22-55-49)53(46)40-18-17-39(50(36)51(37)40)52(45)56(47)38-7-5-21-54-29-38/h5-12,15,19,21-29,55H,13-14,16-18,20H2,1-4H3. The summed E-state index contributed by atoms with van der Waals surface area (Å²) in [6.07, 6.45) is 14.7. The van der Waals surface area contributed by atoms with E-state index in [1.165, 1.54) is 122 Å². The fourth-order valence-corrected chi connectivity index (χ4v) is 10.9. The Morgan fingerprint density at radius 1 is 0.596 bits per heavy atom. The molecule has 0 saturated heterocycles. The minimum Gasteiger partial charge on any atom is -0.348 e. The molecule has 0 amide bonds. The molecule has 0 bridgehead atoms. The van der Waals surface area contributed by atoms with Gasteiger partial charge in [0.25, 0.3) is 0 Å². The van der Waals surface area contributed by atoms with E-state index >= 15 is 0 Å². The molecule has 0 spiro atoms. The van der Waals surface area contributed by atoms with E-state index in [0.29, 0.717) is 0 Å². The van der Waals surface area contributed by atoms with E-state index in [1.54, 1.807) is 0 Å². The number of H-pyrrole nitrogens is 1. The molecule has 5 aromatic carbocycles. The number of aryl methyl sites for hydroxylation is 8. The van der Waals surface area contributed by atoms with Gasteiger partial charge in [-0.05, 0) is 188 Å². The number of hydrogen-bond acceptors (Lipinski definition) is 1. The van der Waals surface area contributed by atoms with Crippen LogP contribution in [0.5, 0.6) is 0 Å². The van der Waals surface area contributed by atoms with E-state index in [2.05, 4.69) is 150 Å². The molecule has 12 rings (SSSR count). The van der Waals surface area contributed by atoms with Gasteiger partial charge in [-0.15, -0.1) is 0 Å². The second-order valence-corrected chi connectivity index (χ2v) is 16.9. The monoisotopic (exact) mass is 736 g/mol. The highest BCUT2D eigenvalue weighted by molar-refractivity contribution is 6.15. The number of fused-ring (bicyclic) bond motifs is 8. The van der Waals surface area contributed by atoms with Crippen LogP contribution in [0, 0.1) is 27.7 Å². The van der Waals surface area contributed by atoms with E-state index in [-0.39, 0.29) is 0 Å². The van der Waals surface area contributed by atoms with E-state index in [4.69, 9.17) is 0 Å². The van der Waals surface area contributed by atoms with Crippen LogP contribution in [0.4, 0.5) is 0 Å². The van der Waals surface area contributed by atoms with Crippen molar-refractivity contribution in [2.45, 2.75) is 66.2 Å². The highest BCUT2D eigenvalue weighted by Crippen LogP contribution is 2.52. The van der Waals surface area contributed by atoms with Gasteiger partial charge in [-0.1, -0.05) is 53.6 Å². The molecule has 0 fully saturated rings. The molecule has 4 nitrogen and oxygen atoms in total. The summed E-state index contributed by atoms with van der Waals surface area (Å²) >= 11 is 0. The number of rotatable bonds is 4. The Hall–Kier alpha value is -6.39. The first-order valence-electron chi connectivity index (χ1n) is 20.7. The van der Waals surface area contributed by atoms with Gasteiger partial charge in [0.15, 0.2) is 0 Å². The number of benzene rings is 5. The van der Waals surface area contributed by atoms with Crippen molar-refractivity contribution < 1.29 is 0 Å². The fourth-order valence-electron chi connectivity index (χ4n) is 10.9. The van der Waals surface area contributed by atoms with Crippen molar-refractivity contribution in [2.24, 2.45) is 0 Å². The van der Waals surface area contributed by atoms with Crippen LogP contribution >= 0.6 is 0 Å². The van der Waals surface area contributed by atoms with Crippen molar-refractivity contribution in [2.75, 3.05) is 0 Å². The SMILES string of the molecule is Cc1ccc(C)c(C2=Cc3c(n(-c4ccc[nH]4)c4c5c6c(cc34)CCc3cc4c7cc(-c8cc(C)ccc8C)ccc7n(-c7cccnc7)c4c(c3-6)CC5)CC2)c1. The molecule has 0 unspecified atom stereocenters. The molecule has 9 aromatic rings. The molecule has 3 aliphatic rings. The Balaban J connectivity index is 1.14. The second kappa shape index (κ2) is 12.1. The van der Waals surface area contributed by atoms with Crippen LogP contribution < -0.4 is 0 Å². The molecule has 0 radical (unpaired) electrons. The number of allylic oxidation sites excluding steroid dienone is 1. The zero-order valence-corrected chi connectivity index (χ0v) is 33.1. The summed E-state index contributed by atoms with van der Waals surface area (Å²) in [6, 6.07) is 34.7. The molecule has 4 aromatic heterocycles. The lowest BCUT2D eigenvalue weighted by Crippen LogP contribution is -2.16. The Morgan fingerprint density at radius 3 is 2.04 bits per heavy atom. The fraction of sp³-hybridized carbons (Fsp3) is 0.189. The third-order valence-electron chi connectivity index (χ3n) is 13.5. The molecular formula is C53H44N4. The smallest absolute Gasteiger partial charge is 0.114 e. The summed E-state index contributed by atoms with van der Waals surface area (Å²) in [6.45, 7) is 8.90. The van der Waals surface area contributed by atoms with Crippen molar-refractivity contribution in [3.05, 3.63) is 171 Å². The van der Waals surface area contributed by atoms with Gasteiger partial charge in [-0.2, -0.15) is 0 Å². The van der Waals surface area contributed by atoms with Crippen LogP contribution in [0.25, 0.3) is 78.1 Å². The molecule has 0 aliphatic heterocycles. The van der Waals surface area contributed by atoms with Crippen molar-refractivity contribution in [3.8, 4) is 33.8 Å². The summed E-state index contributed by atoms with van der Waals surface area (Å²) in [7, 11) is 0. The molecule has 57 heavy (non-hydrogen) atoms. The van der Waals surface area contributed by atoms with Gasteiger partial charge < -0.3 is 9.55 Å². The zero-order valence-electron chi connectivity index (χ0n) is 33.1. The maximum atomic E-state index is 4.63. The van der Waals surface area contributed by atoms with E-state index in [9.17, 15) is 0 Å². The molecule has 0 atom stereocenters. The maximum absolute atomic E-state index is 4.63. The van der Waals surface area contributed by atoms with Crippen LogP contribution in [0.3, 0.4) is 0 Å². The van der Waals surface area contributed by atoms with Gasteiger partial charge in [0.1, 0.15) is 5.82 Å². The molecule has 4 heteroatoms. The Labute approximate surface area is 333 Å². The summed E-state index contributed by atoms with van der Waals surface area (Å²) in [4.78, 5) is 8.26. The Bertz CT molecular complexity index is 3200. The Morgan fingerprint density at radius 2 is 1.32 bits per heavy atom. The summed E-state index contributed by atoms with van der Waals surface area (Å²) in [5.41, 5.74) is 27.6. The number of nitrogens with one attached hydrogen (secondary N) is 1. The number of hydrogen-bond donors (Lipinski definition) is 1. The predicted molar refractivity (Wildman–Crippen MR) is 237 cm³/mol. The molecule has 1 N–H and O–H groups in total. The minimum absolute atomic E-state index is 0.996. The first-order chi connectivity index (χ1) is 27.9. The van der Waals surface area contributed by atoms with Crippen LogP contribution in [0.15, 0.2) is 110 Å². The normalized spacial score (nSPS) is 14.4. The minimum atomic E-state index is 0.996. The molecule has 4 heterocycles. The average molecular weight is 737 g/mol. The third-order valence-corrected chi connectivity index (χ3v) is 13.5. The lowest BCUT2D eigenvalue weighted by Gasteiger charge is -2.31. The first-order valence-corrected chi connectivity index (χ1v) is 20.7. The summed E-state index contributed by atoms with van der Waals surface area (Å²) in [5.74, 6) is 1.16. The van der Waals surface area contributed by atoms with Crippen LogP contribution in [0.1, 0.15) is 67.7 Å². The summed E-state index contributed by atoms with van der Waals surface area (Å²) < 4.78 is 5.10. The molecule has 3 aliphatic carbocycles. The maximum Gasteiger partial charge on any atom is 0.114 e. The quantitative estimate of drug-likeness (QED) is 0.192. The Kier molecular flexibility index (Phi) is 6.94. The first kappa shape index (κ1) is 32.8. The average Bonchev–Trinajstić information content (AvgIpc) is 3.97. The van der Waals surface area contributed by atoms with Crippen LogP contribution in [-0.4, -0.2) is 19.1 Å². The van der Waals surface area contributed by atoms with Crippen molar-refractivity contribution in [1.82, 2.24) is 19.1 Å². The largest absolute Gasteiger partial charge is 0.348 e. The zero-order chi connectivity index (χ0) is 38.1. The van der Waals surface area contributed by atoms with Gasteiger partial charge in [-0.3, -0.25) is 9.55 Å². The van der Waals surface area contributed by atoms with Crippen molar-refractivity contribution in [3.63, 3.8) is 0 Å². The number of aromatic amines is 1. The highest BCUT2D eigenvalue weighted by Gasteiger charge is 2.34. The second-order valence-electron chi connectivity index (χ2n) is 16.9. The van der Waals surface area contributed by atoms with Crippen molar-refractivity contribution in [1.29, 1.82) is 0 Å². The molecule has 276 valence electrons. The van der Waals surface area contributed by atoms with Crippen molar-refractivity contribution >= 4 is 44.4 Å². The van der Waals surface area contributed by atoms with E-state index in [1.807, 2.05) is 12.4 Å². The van der Waals surface area contributed by atoms with Crippen LogP contribution in [-0.2, 0) is 32.1 Å². The van der Waals surface area contributed by atoms with Crippen LogP contribution in [0.2, 0.25) is 0 Å². The third kappa shape index (κ3) is 4.70. The molecule has 0 saturated carbocycles.